The van der Waals surface area contributed by atoms with Crippen molar-refractivity contribution in [2.45, 2.75) is 6.42 Å². The fraction of sp³-hybridized carbons (Fsp3) is 0.273. The molecule has 0 spiro atoms. The molecule has 0 aliphatic carbocycles. The van der Waals surface area contributed by atoms with E-state index in [1.165, 1.54) is 0 Å². The summed E-state index contributed by atoms with van der Waals surface area (Å²) in [5.41, 5.74) is 0. The number of nitrogens with zero attached hydrogens (tertiary/aromatic N) is 2. The lowest BCUT2D eigenvalue weighted by molar-refractivity contribution is -0.117. The maximum absolute atomic E-state index is 11.6. The number of aromatic nitrogens is 1. The Labute approximate surface area is 96.6 Å². The minimum atomic E-state index is 0.0123. The van der Waals surface area contributed by atoms with Gasteiger partial charge in [0.2, 0.25) is 5.91 Å². The van der Waals surface area contributed by atoms with Gasteiger partial charge in [0.1, 0.15) is 10.4 Å². The van der Waals surface area contributed by atoms with Crippen LogP contribution in [-0.4, -0.2) is 17.4 Å². The summed E-state index contributed by atoms with van der Waals surface area (Å²) in [6.07, 6.45) is 5.73. The van der Waals surface area contributed by atoms with Crippen LogP contribution in [0.2, 0.25) is 0 Å². The van der Waals surface area contributed by atoms with E-state index in [9.17, 15) is 4.79 Å². The second-order valence-electron chi connectivity index (χ2n) is 3.39. The molecule has 76 valence electrons. The molecule has 1 aliphatic heterocycles. The van der Waals surface area contributed by atoms with Crippen LogP contribution in [0.15, 0.2) is 22.8 Å². The molecule has 1 aromatic rings. The number of pyridine rings is 1. The maximum Gasteiger partial charge on any atom is 0.229 e. The number of halogens is 1. The van der Waals surface area contributed by atoms with E-state index in [4.69, 9.17) is 6.42 Å². The number of rotatable bonds is 1. The summed E-state index contributed by atoms with van der Waals surface area (Å²) in [5.74, 6) is 3.32. The van der Waals surface area contributed by atoms with Crippen LogP contribution in [0.1, 0.15) is 6.42 Å². The van der Waals surface area contributed by atoms with E-state index >= 15 is 0 Å². The summed E-state index contributed by atoms with van der Waals surface area (Å²) in [7, 11) is 0. The normalized spacial score (nSPS) is 20.4. The number of terminal acetylenes is 1. The van der Waals surface area contributed by atoms with E-state index in [2.05, 4.69) is 26.8 Å². The van der Waals surface area contributed by atoms with Crippen molar-refractivity contribution < 1.29 is 4.79 Å². The lowest BCUT2D eigenvalue weighted by Gasteiger charge is -2.14. The molecule has 1 fully saturated rings. The highest BCUT2D eigenvalue weighted by atomic mass is 79.9. The monoisotopic (exact) mass is 264 g/mol. The molecular weight excluding hydrogens is 256 g/mol. The van der Waals surface area contributed by atoms with E-state index in [0.29, 0.717) is 18.8 Å². The number of anilines is 1. The first-order chi connectivity index (χ1) is 7.20. The maximum atomic E-state index is 11.6. The van der Waals surface area contributed by atoms with E-state index < -0.39 is 0 Å². The SMILES string of the molecule is C#CC1CC(=O)N(c2cccc(Br)n2)C1. The van der Waals surface area contributed by atoms with Gasteiger partial charge in [0, 0.05) is 18.9 Å². The summed E-state index contributed by atoms with van der Waals surface area (Å²) in [6, 6.07) is 5.48. The van der Waals surface area contributed by atoms with Crippen LogP contribution >= 0.6 is 15.9 Å². The van der Waals surface area contributed by atoms with Crippen LogP contribution < -0.4 is 4.90 Å². The van der Waals surface area contributed by atoms with Crippen molar-refractivity contribution in [2.24, 2.45) is 5.92 Å². The van der Waals surface area contributed by atoms with Gasteiger partial charge in [-0.2, -0.15) is 0 Å². The van der Waals surface area contributed by atoms with Crippen molar-refractivity contribution in [1.82, 2.24) is 4.98 Å². The van der Waals surface area contributed by atoms with E-state index in [1.807, 2.05) is 18.2 Å². The Balaban J connectivity index is 2.26. The average Bonchev–Trinajstić information content (AvgIpc) is 2.60. The molecular formula is C11H9BrN2O. The molecule has 2 rings (SSSR count). The summed E-state index contributed by atoms with van der Waals surface area (Å²) < 4.78 is 0.719. The number of amides is 1. The number of carbonyl (C=O) groups is 1. The van der Waals surface area contributed by atoms with Crippen LogP contribution in [0.3, 0.4) is 0 Å². The van der Waals surface area contributed by atoms with Gasteiger partial charge in [-0.1, -0.05) is 6.07 Å². The zero-order valence-corrected chi connectivity index (χ0v) is 9.57. The first-order valence-electron chi connectivity index (χ1n) is 4.60. The molecule has 3 nitrogen and oxygen atoms in total. The van der Waals surface area contributed by atoms with E-state index in [-0.39, 0.29) is 11.8 Å². The Morgan fingerprint density at radius 3 is 3.00 bits per heavy atom. The van der Waals surface area contributed by atoms with Crippen molar-refractivity contribution in [3.63, 3.8) is 0 Å². The summed E-state index contributed by atoms with van der Waals surface area (Å²) in [5, 5.41) is 0. The Hall–Kier alpha value is -1.34. The van der Waals surface area contributed by atoms with Gasteiger partial charge in [0.15, 0.2) is 0 Å². The molecule has 0 saturated carbocycles. The molecule has 0 radical (unpaired) electrons. The Morgan fingerprint density at radius 2 is 2.40 bits per heavy atom. The lowest BCUT2D eigenvalue weighted by Crippen LogP contribution is -2.25. The number of hydrogen-bond acceptors (Lipinski definition) is 2. The zero-order chi connectivity index (χ0) is 10.8. The van der Waals surface area contributed by atoms with Crippen molar-refractivity contribution in [2.75, 3.05) is 11.4 Å². The quantitative estimate of drug-likeness (QED) is 0.573. The van der Waals surface area contributed by atoms with Gasteiger partial charge >= 0.3 is 0 Å². The van der Waals surface area contributed by atoms with Crippen LogP contribution in [0, 0.1) is 18.3 Å². The van der Waals surface area contributed by atoms with Crippen molar-refractivity contribution in [3.8, 4) is 12.3 Å². The fourth-order valence-corrected chi connectivity index (χ4v) is 1.92. The van der Waals surface area contributed by atoms with E-state index in [0.717, 1.165) is 4.60 Å². The molecule has 1 saturated heterocycles. The second-order valence-corrected chi connectivity index (χ2v) is 4.20. The highest BCUT2D eigenvalue weighted by molar-refractivity contribution is 9.10. The lowest BCUT2D eigenvalue weighted by atomic mass is 10.1. The number of carbonyl (C=O) groups excluding carboxylic acids is 1. The van der Waals surface area contributed by atoms with Crippen LogP contribution in [-0.2, 0) is 4.79 Å². The van der Waals surface area contributed by atoms with Gasteiger partial charge < -0.3 is 0 Å². The molecule has 0 bridgehead atoms. The van der Waals surface area contributed by atoms with Gasteiger partial charge in [-0.25, -0.2) is 4.98 Å². The van der Waals surface area contributed by atoms with Crippen LogP contribution in [0.5, 0.6) is 0 Å². The molecule has 1 unspecified atom stereocenters. The first-order valence-corrected chi connectivity index (χ1v) is 5.39. The highest BCUT2D eigenvalue weighted by Crippen LogP contribution is 2.23. The zero-order valence-electron chi connectivity index (χ0n) is 7.98. The summed E-state index contributed by atoms with van der Waals surface area (Å²) >= 11 is 3.27. The minimum absolute atomic E-state index is 0.0123. The second kappa shape index (κ2) is 4.03. The fourth-order valence-electron chi connectivity index (χ4n) is 1.59. The Bertz CT molecular complexity index is 438. The molecule has 15 heavy (non-hydrogen) atoms. The molecule has 2 heterocycles. The summed E-state index contributed by atoms with van der Waals surface area (Å²) in [6.45, 7) is 0.568. The molecule has 1 atom stereocenters. The average molecular weight is 265 g/mol. The van der Waals surface area contributed by atoms with Gasteiger partial charge in [-0.05, 0) is 28.1 Å². The van der Waals surface area contributed by atoms with Crippen molar-refractivity contribution in [1.29, 1.82) is 0 Å². The standard InChI is InChI=1S/C11H9BrN2O/c1-2-8-6-11(15)14(7-8)10-5-3-4-9(12)13-10/h1,3-5,8H,6-7H2. The third-order valence-electron chi connectivity index (χ3n) is 2.34. The first kappa shape index (κ1) is 10.2. The molecule has 0 N–H and O–H groups in total. The Morgan fingerprint density at radius 1 is 1.60 bits per heavy atom. The number of hydrogen-bond donors (Lipinski definition) is 0. The largest absolute Gasteiger partial charge is 0.295 e. The smallest absolute Gasteiger partial charge is 0.229 e. The highest BCUT2D eigenvalue weighted by Gasteiger charge is 2.29. The third kappa shape index (κ3) is 2.02. The van der Waals surface area contributed by atoms with Gasteiger partial charge in [0.25, 0.3) is 0 Å². The topological polar surface area (TPSA) is 33.2 Å². The predicted octanol–water partition coefficient (Wildman–Crippen LogP) is 1.83. The van der Waals surface area contributed by atoms with Crippen molar-refractivity contribution >= 4 is 27.7 Å². The van der Waals surface area contributed by atoms with Gasteiger partial charge in [0.05, 0.1) is 0 Å². The van der Waals surface area contributed by atoms with Crippen molar-refractivity contribution in [3.05, 3.63) is 22.8 Å². The molecule has 4 heteroatoms. The molecule has 1 aliphatic rings. The van der Waals surface area contributed by atoms with Gasteiger partial charge in [-0.3, -0.25) is 9.69 Å². The summed E-state index contributed by atoms with van der Waals surface area (Å²) in [4.78, 5) is 17.5. The molecule has 1 aromatic heterocycles. The predicted molar refractivity (Wildman–Crippen MR) is 61.2 cm³/mol. The molecule has 1 amide bonds. The van der Waals surface area contributed by atoms with Crippen LogP contribution in [0.25, 0.3) is 0 Å². The molecule has 0 aromatic carbocycles. The Kier molecular flexibility index (Phi) is 2.74. The minimum Gasteiger partial charge on any atom is -0.295 e. The van der Waals surface area contributed by atoms with Gasteiger partial charge in [-0.15, -0.1) is 12.3 Å². The van der Waals surface area contributed by atoms with Crippen LogP contribution in [0.4, 0.5) is 5.82 Å². The third-order valence-corrected chi connectivity index (χ3v) is 2.78. The van der Waals surface area contributed by atoms with E-state index in [1.54, 1.807) is 4.90 Å².